The monoisotopic (exact) mass is 387 g/mol. The van der Waals surface area contributed by atoms with Crippen LogP contribution in [0.2, 0.25) is 0 Å². The molecule has 0 unspecified atom stereocenters. The molecule has 5 rings (SSSR count). The lowest BCUT2D eigenvalue weighted by Gasteiger charge is -2.31. The van der Waals surface area contributed by atoms with E-state index in [-0.39, 0.29) is 11.8 Å². The van der Waals surface area contributed by atoms with E-state index in [2.05, 4.69) is 20.5 Å². The van der Waals surface area contributed by atoms with E-state index >= 15 is 0 Å². The van der Waals surface area contributed by atoms with E-state index in [1.165, 1.54) is 37.2 Å². The van der Waals surface area contributed by atoms with E-state index < -0.39 is 0 Å². The highest BCUT2D eigenvalue weighted by Gasteiger charge is 2.34. The van der Waals surface area contributed by atoms with E-state index in [0.717, 1.165) is 41.1 Å². The zero-order chi connectivity index (χ0) is 18.4. The molecule has 1 aliphatic heterocycles. The lowest BCUT2D eigenvalue weighted by molar-refractivity contribution is 0.0620. The summed E-state index contributed by atoms with van der Waals surface area (Å²) in [6.07, 6.45) is 7.31. The van der Waals surface area contributed by atoms with Gasteiger partial charge in [0.05, 0.1) is 17.2 Å². The van der Waals surface area contributed by atoms with Gasteiger partial charge < -0.3 is 9.64 Å². The van der Waals surface area contributed by atoms with Crippen LogP contribution in [0.25, 0.3) is 0 Å². The van der Waals surface area contributed by atoms with Crippen LogP contribution < -0.4 is 0 Å². The molecule has 1 atom stereocenters. The molecule has 0 radical (unpaired) electrons. The summed E-state index contributed by atoms with van der Waals surface area (Å²) >= 11 is 1.28. The van der Waals surface area contributed by atoms with Gasteiger partial charge in [-0.1, -0.05) is 4.49 Å². The number of ether oxygens (including phenoxy) is 1. The van der Waals surface area contributed by atoms with E-state index in [1.807, 2.05) is 11.8 Å². The minimum atomic E-state index is -0.0333. The molecular formula is C19H25N5O2S. The molecule has 3 heterocycles. The summed E-state index contributed by atoms with van der Waals surface area (Å²) in [7, 11) is 0. The molecule has 0 spiro atoms. The van der Waals surface area contributed by atoms with Gasteiger partial charge in [-0.05, 0) is 56.0 Å². The number of hydrogen-bond donors (Lipinski definition) is 0. The summed E-state index contributed by atoms with van der Waals surface area (Å²) in [5, 5.41) is 8.92. The molecule has 2 saturated carbocycles. The molecule has 3 aliphatic rings. The quantitative estimate of drug-likeness (QED) is 0.730. The molecule has 0 N–H and O–H groups in total. The van der Waals surface area contributed by atoms with Crippen LogP contribution in [0.1, 0.15) is 58.2 Å². The first kappa shape index (κ1) is 17.3. The third kappa shape index (κ3) is 3.78. The highest BCUT2D eigenvalue weighted by Crippen LogP contribution is 2.34. The van der Waals surface area contributed by atoms with Gasteiger partial charge in [0, 0.05) is 43.9 Å². The molecule has 0 aromatic carbocycles. The fourth-order valence-electron chi connectivity index (χ4n) is 3.75. The Kier molecular flexibility index (Phi) is 4.47. The van der Waals surface area contributed by atoms with Crippen LogP contribution in [0.5, 0.6) is 0 Å². The normalized spacial score (nSPS) is 22.1. The number of hydrogen-bond acceptors (Lipinski definition) is 6. The largest absolute Gasteiger partial charge is 0.380 e. The molecule has 8 heteroatoms. The van der Waals surface area contributed by atoms with Crippen molar-refractivity contribution >= 4 is 17.4 Å². The van der Waals surface area contributed by atoms with Gasteiger partial charge in [0.15, 0.2) is 5.69 Å². The summed E-state index contributed by atoms with van der Waals surface area (Å²) in [5.74, 6) is 1.61. The van der Waals surface area contributed by atoms with Crippen LogP contribution in [0.3, 0.4) is 0 Å². The second-order valence-electron chi connectivity index (χ2n) is 8.25. The average Bonchev–Trinajstić information content (AvgIpc) is 3.56. The van der Waals surface area contributed by atoms with Gasteiger partial charge in [-0.3, -0.25) is 9.48 Å². The number of rotatable bonds is 7. The highest BCUT2D eigenvalue weighted by atomic mass is 32.1. The molecule has 2 aromatic rings. The standard InChI is InChI=1S/C19H25N5O2S/c1-12-17(20-22-27-12)19(25)23-7-15-9-24(6-13-2-3-13)21-18(15)16(8-23)11-26-10-14-4-5-14/h9,13-14,16H,2-8,10-11H2,1H3/t16-/m0/s1. The number of aryl methyl sites for hydroxylation is 1. The van der Waals surface area contributed by atoms with Crippen molar-refractivity contribution in [2.45, 2.75) is 51.6 Å². The van der Waals surface area contributed by atoms with Crippen LogP contribution in [0.4, 0.5) is 0 Å². The average molecular weight is 388 g/mol. The van der Waals surface area contributed by atoms with Crippen molar-refractivity contribution in [2.24, 2.45) is 11.8 Å². The van der Waals surface area contributed by atoms with Crippen molar-refractivity contribution in [1.29, 1.82) is 0 Å². The molecular weight excluding hydrogens is 362 g/mol. The summed E-state index contributed by atoms with van der Waals surface area (Å²) < 4.78 is 12.0. The summed E-state index contributed by atoms with van der Waals surface area (Å²) in [6, 6.07) is 0. The summed E-state index contributed by atoms with van der Waals surface area (Å²) in [5.41, 5.74) is 2.74. The van der Waals surface area contributed by atoms with Crippen molar-refractivity contribution in [3.05, 3.63) is 28.0 Å². The Hall–Kier alpha value is -1.80. The smallest absolute Gasteiger partial charge is 0.275 e. The number of fused-ring (bicyclic) bond motifs is 1. The number of amides is 1. The van der Waals surface area contributed by atoms with E-state index in [0.29, 0.717) is 25.4 Å². The van der Waals surface area contributed by atoms with Gasteiger partial charge in [0.1, 0.15) is 0 Å². The molecule has 2 aromatic heterocycles. The van der Waals surface area contributed by atoms with Crippen LogP contribution in [0.15, 0.2) is 6.20 Å². The second-order valence-corrected chi connectivity index (χ2v) is 9.20. The molecule has 27 heavy (non-hydrogen) atoms. The lowest BCUT2D eigenvalue weighted by atomic mass is 9.97. The van der Waals surface area contributed by atoms with E-state index in [4.69, 9.17) is 9.84 Å². The number of carbonyl (C=O) groups is 1. The predicted molar refractivity (Wildman–Crippen MR) is 101 cm³/mol. The van der Waals surface area contributed by atoms with Crippen LogP contribution in [-0.2, 0) is 17.8 Å². The predicted octanol–water partition coefficient (Wildman–Crippen LogP) is 2.62. The Bertz CT molecular complexity index is 839. The summed E-state index contributed by atoms with van der Waals surface area (Å²) in [6.45, 7) is 5.57. The van der Waals surface area contributed by atoms with Gasteiger partial charge in [0.2, 0.25) is 0 Å². The molecule has 0 bridgehead atoms. The molecule has 0 saturated heterocycles. The Balaban J connectivity index is 1.36. The molecule has 1 amide bonds. The third-order valence-corrected chi connectivity index (χ3v) is 6.34. The number of nitrogens with zero attached hydrogens (tertiary/aromatic N) is 5. The molecule has 2 aliphatic carbocycles. The van der Waals surface area contributed by atoms with Crippen molar-refractivity contribution in [3.63, 3.8) is 0 Å². The molecule has 7 nitrogen and oxygen atoms in total. The van der Waals surface area contributed by atoms with Crippen molar-refractivity contribution in [1.82, 2.24) is 24.3 Å². The maximum absolute atomic E-state index is 13.0. The summed E-state index contributed by atoms with van der Waals surface area (Å²) in [4.78, 5) is 15.7. The van der Waals surface area contributed by atoms with Crippen molar-refractivity contribution in [2.75, 3.05) is 19.8 Å². The van der Waals surface area contributed by atoms with Gasteiger partial charge in [0.25, 0.3) is 5.91 Å². The first-order valence-electron chi connectivity index (χ1n) is 9.89. The van der Waals surface area contributed by atoms with Crippen LogP contribution in [0, 0.1) is 18.8 Å². The highest BCUT2D eigenvalue weighted by molar-refractivity contribution is 7.05. The van der Waals surface area contributed by atoms with Crippen molar-refractivity contribution < 1.29 is 9.53 Å². The first-order chi connectivity index (χ1) is 13.2. The van der Waals surface area contributed by atoms with Gasteiger partial charge in [-0.25, -0.2) is 0 Å². The first-order valence-corrected chi connectivity index (χ1v) is 10.7. The fourth-order valence-corrected chi connectivity index (χ4v) is 4.21. The zero-order valence-corrected chi connectivity index (χ0v) is 16.5. The van der Waals surface area contributed by atoms with Gasteiger partial charge in [-0.2, -0.15) is 5.10 Å². The third-order valence-electron chi connectivity index (χ3n) is 5.71. The Morgan fingerprint density at radius 3 is 2.78 bits per heavy atom. The minimum absolute atomic E-state index is 0.0333. The SMILES string of the molecule is Cc1snnc1C(=O)N1Cc2cn(CC3CC3)nc2[C@H](COCC2CC2)C1. The Morgan fingerprint density at radius 1 is 1.26 bits per heavy atom. The molecule has 144 valence electrons. The molecule has 2 fully saturated rings. The minimum Gasteiger partial charge on any atom is -0.380 e. The van der Waals surface area contributed by atoms with Crippen LogP contribution in [-0.4, -0.2) is 49.9 Å². The lowest BCUT2D eigenvalue weighted by Crippen LogP contribution is -2.39. The maximum atomic E-state index is 13.0. The van der Waals surface area contributed by atoms with Crippen LogP contribution >= 0.6 is 11.5 Å². The zero-order valence-electron chi connectivity index (χ0n) is 15.6. The van der Waals surface area contributed by atoms with Gasteiger partial charge in [-0.15, -0.1) is 5.10 Å². The van der Waals surface area contributed by atoms with Crippen molar-refractivity contribution in [3.8, 4) is 0 Å². The number of aromatic nitrogens is 4. The van der Waals surface area contributed by atoms with E-state index in [9.17, 15) is 4.79 Å². The number of carbonyl (C=O) groups excluding carboxylic acids is 1. The second kappa shape index (κ2) is 6.98. The Morgan fingerprint density at radius 2 is 2.07 bits per heavy atom. The van der Waals surface area contributed by atoms with E-state index in [1.54, 1.807) is 0 Å². The topological polar surface area (TPSA) is 73.1 Å². The maximum Gasteiger partial charge on any atom is 0.275 e. The Labute approximate surface area is 162 Å². The fraction of sp³-hybridized carbons (Fsp3) is 0.684. The van der Waals surface area contributed by atoms with Gasteiger partial charge >= 0.3 is 0 Å².